The Balaban J connectivity index is 2.61. The maximum absolute atomic E-state index is 9.41. The molecule has 0 aliphatic heterocycles. The topological polar surface area (TPSA) is 55.5 Å². The summed E-state index contributed by atoms with van der Waals surface area (Å²) in [4.78, 5) is 0. The highest BCUT2D eigenvalue weighted by atomic mass is 16.5. The fourth-order valence-corrected chi connectivity index (χ4v) is 2.21. The molecule has 3 heteroatoms. The molecule has 0 heterocycles. The zero-order valence-electron chi connectivity index (χ0n) is 9.49. The third-order valence-corrected chi connectivity index (χ3v) is 3.58. The molecule has 4 unspecified atom stereocenters. The van der Waals surface area contributed by atoms with Crippen molar-refractivity contribution >= 4 is 0 Å². The van der Waals surface area contributed by atoms with Crippen molar-refractivity contribution in [2.24, 2.45) is 11.7 Å². The molecule has 4 atom stereocenters. The minimum absolute atomic E-state index is 0.126. The summed E-state index contributed by atoms with van der Waals surface area (Å²) >= 11 is 0. The molecule has 0 aromatic carbocycles. The molecule has 0 bridgehead atoms. The molecule has 0 saturated heterocycles. The zero-order chi connectivity index (χ0) is 10.8. The third kappa shape index (κ3) is 2.27. The Morgan fingerprint density at radius 2 is 2.21 bits per heavy atom. The van der Waals surface area contributed by atoms with Crippen LogP contribution in [0.2, 0.25) is 0 Å². The predicted molar refractivity (Wildman–Crippen MR) is 57.0 cm³/mol. The van der Waals surface area contributed by atoms with Crippen molar-refractivity contribution in [1.29, 1.82) is 0 Å². The largest absolute Gasteiger partial charge is 0.391 e. The van der Waals surface area contributed by atoms with Crippen molar-refractivity contribution in [1.82, 2.24) is 0 Å². The van der Waals surface area contributed by atoms with Gasteiger partial charge in [0.05, 0.1) is 17.8 Å². The lowest BCUT2D eigenvalue weighted by molar-refractivity contribution is -0.133. The lowest BCUT2D eigenvalue weighted by atomic mass is 9.92. The molecule has 14 heavy (non-hydrogen) atoms. The highest BCUT2D eigenvalue weighted by molar-refractivity contribution is 4.93. The van der Waals surface area contributed by atoms with Crippen molar-refractivity contribution < 1.29 is 9.84 Å². The van der Waals surface area contributed by atoms with E-state index in [1.54, 1.807) is 6.92 Å². The number of hydrogen-bond acceptors (Lipinski definition) is 3. The van der Waals surface area contributed by atoms with E-state index in [1.807, 2.05) is 6.92 Å². The summed E-state index contributed by atoms with van der Waals surface area (Å²) in [6, 6.07) is 0. The average Bonchev–Trinajstić information content (AvgIpc) is 2.48. The van der Waals surface area contributed by atoms with E-state index in [-0.39, 0.29) is 11.7 Å². The molecule has 3 N–H and O–H groups in total. The maximum Gasteiger partial charge on any atom is 0.0834 e. The van der Waals surface area contributed by atoms with Gasteiger partial charge in [-0.25, -0.2) is 0 Å². The second-order valence-electron chi connectivity index (χ2n) is 4.63. The maximum atomic E-state index is 9.41. The summed E-state index contributed by atoms with van der Waals surface area (Å²) in [7, 11) is 0. The summed E-state index contributed by atoms with van der Waals surface area (Å²) in [5.41, 5.74) is 5.62. The molecule has 0 aromatic heterocycles. The smallest absolute Gasteiger partial charge is 0.0834 e. The summed E-state index contributed by atoms with van der Waals surface area (Å²) in [5, 5.41) is 9.41. The summed E-state index contributed by atoms with van der Waals surface area (Å²) in [6.45, 7) is 6.42. The van der Waals surface area contributed by atoms with Gasteiger partial charge in [-0.15, -0.1) is 0 Å². The van der Waals surface area contributed by atoms with Gasteiger partial charge in [-0.05, 0) is 32.6 Å². The first-order valence-electron chi connectivity index (χ1n) is 5.58. The van der Waals surface area contributed by atoms with Gasteiger partial charge in [0.15, 0.2) is 0 Å². The number of aliphatic hydroxyl groups is 1. The van der Waals surface area contributed by atoms with Gasteiger partial charge < -0.3 is 15.6 Å². The van der Waals surface area contributed by atoms with Crippen molar-refractivity contribution in [2.75, 3.05) is 6.54 Å². The minimum atomic E-state index is -0.425. The fourth-order valence-electron chi connectivity index (χ4n) is 2.21. The Kier molecular flexibility index (Phi) is 3.93. The molecule has 1 fully saturated rings. The van der Waals surface area contributed by atoms with E-state index in [0.717, 1.165) is 6.42 Å². The summed E-state index contributed by atoms with van der Waals surface area (Å²) < 4.78 is 5.95. The number of hydrogen-bond donors (Lipinski definition) is 2. The molecule has 1 saturated carbocycles. The molecule has 1 rings (SSSR count). The van der Waals surface area contributed by atoms with Crippen LogP contribution in [0.4, 0.5) is 0 Å². The van der Waals surface area contributed by atoms with E-state index in [2.05, 4.69) is 6.92 Å². The van der Waals surface area contributed by atoms with E-state index in [1.165, 1.54) is 12.8 Å². The Morgan fingerprint density at radius 3 is 2.57 bits per heavy atom. The Bertz CT molecular complexity index is 184. The summed E-state index contributed by atoms with van der Waals surface area (Å²) in [6.07, 6.45) is 2.85. The average molecular weight is 201 g/mol. The standard InChI is InChI=1S/C11H23NO2/c1-8-5-4-6-11(8,7-12)14-10(3)9(2)13/h8-10,13H,4-7,12H2,1-3H3. The van der Waals surface area contributed by atoms with Crippen molar-refractivity contribution in [3.05, 3.63) is 0 Å². The molecule has 0 aromatic rings. The van der Waals surface area contributed by atoms with Crippen LogP contribution in [0.3, 0.4) is 0 Å². The lowest BCUT2D eigenvalue weighted by Crippen LogP contribution is -2.47. The van der Waals surface area contributed by atoms with E-state index < -0.39 is 6.10 Å². The molecule has 1 aliphatic rings. The van der Waals surface area contributed by atoms with Crippen molar-refractivity contribution in [3.63, 3.8) is 0 Å². The van der Waals surface area contributed by atoms with Crippen LogP contribution in [-0.4, -0.2) is 29.5 Å². The summed E-state index contributed by atoms with van der Waals surface area (Å²) in [5.74, 6) is 0.508. The van der Waals surface area contributed by atoms with Crippen molar-refractivity contribution in [3.8, 4) is 0 Å². The first-order valence-corrected chi connectivity index (χ1v) is 5.58. The van der Waals surface area contributed by atoms with Gasteiger partial charge in [0.25, 0.3) is 0 Å². The second-order valence-corrected chi connectivity index (χ2v) is 4.63. The lowest BCUT2D eigenvalue weighted by Gasteiger charge is -2.36. The first kappa shape index (κ1) is 12.0. The van der Waals surface area contributed by atoms with Gasteiger partial charge in [-0.1, -0.05) is 13.3 Å². The van der Waals surface area contributed by atoms with Crippen LogP contribution >= 0.6 is 0 Å². The number of ether oxygens (including phenoxy) is 1. The minimum Gasteiger partial charge on any atom is -0.391 e. The van der Waals surface area contributed by atoms with E-state index in [4.69, 9.17) is 10.5 Å². The quantitative estimate of drug-likeness (QED) is 0.720. The van der Waals surface area contributed by atoms with Gasteiger partial charge in [-0.2, -0.15) is 0 Å². The SMILES string of the molecule is CC(O)C(C)OC1(CN)CCCC1C. The Hall–Kier alpha value is -0.120. The van der Waals surface area contributed by atoms with Crippen LogP contribution in [0.15, 0.2) is 0 Å². The molecular weight excluding hydrogens is 178 g/mol. The van der Waals surface area contributed by atoms with Crippen LogP contribution in [0.5, 0.6) is 0 Å². The number of nitrogens with two attached hydrogens (primary N) is 1. The third-order valence-electron chi connectivity index (χ3n) is 3.58. The molecule has 3 nitrogen and oxygen atoms in total. The highest BCUT2D eigenvalue weighted by Crippen LogP contribution is 2.38. The fraction of sp³-hybridized carbons (Fsp3) is 1.00. The number of rotatable bonds is 4. The zero-order valence-corrected chi connectivity index (χ0v) is 9.49. The highest BCUT2D eigenvalue weighted by Gasteiger charge is 2.41. The Morgan fingerprint density at radius 1 is 1.57 bits per heavy atom. The van der Waals surface area contributed by atoms with Gasteiger partial charge in [-0.3, -0.25) is 0 Å². The molecule has 0 spiro atoms. The van der Waals surface area contributed by atoms with E-state index in [0.29, 0.717) is 12.5 Å². The van der Waals surface area contributed by atoms with Crippen LogP contribution in [-0.2, 0) is 4.74 Å². The first-order chi connectivity index (χ1) is 6.52. The molecular formula is C11H23NO2. The van der Waals surface area contributed by atoms with Gasteiger partial charge in [0.1, 0.15) is 0 Å². The molecule has 0 amide bonds. The van der Waals surface area contributed by atoms with E-state index in [9.17, 15) is 5.11 Å². The van der Waals surface area contributed by atoms with Crippen molar-refractivity contribution in [2.45, 2.75) is 57.8 Å². The molecule has 0 radical (unpaired) electrons. The predicted octanol–water partition coefficient (Wildman–Crippen LogP) is 1.29. The van der Waals surface area contributed by atoms with Gasteiger partial charge >= 0.3 is 0 Å². The molecule has 84 valence electrons. The van der Waals surface area contributed by atoms with Crippen LogP contribution in [0.25, 0.3) is 0 Å². The number of aliphatic hydroxyl groups excluding tert-OH is 1. The van der Waals surface area contributed by atoms with Crippen LogP contribution in [0, 0.1) is 5.92 Å². The van der Waals surface area contributed by atoms with Crippen LogP contribution in [0.1, 0.15) is 40.0 Å². The van der Waals surface area contributed by atoms with Gasteiger partial charge in [0, 0.05) is 6.54 Å². The van der Waals surface area contributed by atoms with Crippen LogP contribution < -0.4 is 5.73 Å². The Labute approximate surface area is 86.6 Å². The monoisotopic (exact) mass is 201 g/mol. The normalized spacial score (nSPS) is 37.1. The van der Waals surface area contributed by atoms with E-state index >= 15 is 0 Å². The molecule has 1 aliphatic carbocycles. The van der Waals surface area contributed by atoms with Gasteiger partial charge in [0.2, 0.25) is 0 Å². The second kappa shape index (κ2) is 4.60.